The molecule has 1 fully saturated rings. The SMILES string of the molecule is Cn1c(-c2nc3cc(F)c(-c4nn[nH]n4)cc3n2C2CCC2)nc(C(=O)Nc2cnoc2)c(O)c1=O. The molecule has 1 aliphatic carbocycles. The molecule has 0 saturated heterocycles. The van der Waals surface area contributed by atoms with Crippen LogP contribution in [-0.2, 0) is 7.05 Å². The number of nitrogens with one attached hydrogen (secondary N) is 2. The lowest BCUT2D eigenvalue weighted by molar-refractivity contribution is 0.101. The lowest BCUT2D eigenvalue weighted by Gasteiger charge is -2.29. The van der Waals surface area contributed by atoms with E-state index in [0.717, 1.165) is 23.8 Å². The van der Waals surface area contributed by atoms with Gasteiger partial charge in [-0.2, -0.15) is 5.21 Å². The van der Waals surface area contributed by atoms with Crippen molar-refractivity contribution in [2.24, 2.45) is 7.05 Å². The smallest absolute Gasteiger partial charge is 0.296 e. The van der Waals surface area contributed by atoms with Crippen LogP contribution in [0.3, 0.4) is 0 Å². The van der Waals surface area contributed by atoms with Gasteiger partial charge in [-0.25, -0.2) is 14.4 Å². The minimum absolute atomic E-state index is 0.00793. The first-order valence-corrected chi connectivity index (χ1v) is 10.9. The second-order valence-corrected chi connectivity index (χ2v) is 8.31. The Balaban J connectivity index is 1.56. The number of tetrazole rings is 1. The number of nitrogens with zero attached hydrogens (tertiary/aromatic N) is 8. The molecular weight excluding hydrogens is 475 g/mol. The Morgan fingerprint density at radius 3 is 2.78 bits per heavy atom. The standard InChI is InChI=1S/C21H17FN10O4/c1-31-18(26-15(16(33)21(31)35)20(34)24-9-7-23-36-8-9)19-25-13-6-12(22)11(17-27-29-30-28-17)5-14(13)32(19)10-3-2-4-10/h5-8,10,33H,2-4H2,1H3,(H,24,34)(H,27,28,29,30). The predicted molar refractivity (Wildman–Crippen MR) is 120 cm³/mol. The van der Waals surface area contributed by atoms with Crippen LogP contribution >= 0.6 is 0 Å². The first-order valence-electron chi connectivity index (χ1n) is 10.9. The van der Waals surface area contributed by atoms with Gasteiger partial charge >= 0.3 is 0 Å². The molecule has 36 heavy (non-hydrogen) atoms. The number of aromatic hydroxyl groups is 1. The van der Waals surface area contributed by atoms with Crippen molar-refractivity contribution in [1.82, 2.24) is 44.9 Å². The molecule has 4 aromatic heterocycles. The van der Waals surface area contributed by atoms with Crippen molar-refractivity contribution in [3.63, 3.8) is 0 Å². The predicted octanol–water partition coefficient (Wildman–Crippen LogP) is 1.79. The molecule has 6 rings (SSSR count). The zero-order valence-corrected chi connectivity index (χ0v) is 18.6. The summed E-state index contributed by atoms with van der Waals surface area (Å²) in [7, 11) is 1.40. The fraction of sp³-hybridized carbons (Fsp3) is 0.238. The highest BCUT2D eigenvalue weighted by molar-refractivity contribution is 6.04. The Morgan fingerprint density at radius 2 is 2.11 bits per heavy atom. The van der Waals surface area contributed by atoms with Crippen LogP contribution in [0.5, 0.6) is 5.75 Å². The molecule has 0 atom stereocenters. The summed E-state index contributed by atoms with van der Waals surface area (Å²) in [5.41, 5.74) is -0.103. The number of aromatic amines is 1. The Morgan fingerprint density at radius 1 is 1.28 bits per heavy atom. The Labute approximate surface area is 199 Å². The van der Waals surface area contributed by atoms with E-state index >= 15 is 0 Å². The van der Waals surface area contributed by atoms with Gasteiger partial charge in [-0.05, 0) is 30.5 Å². The second-order valence-electron chi connectivity index (χ2n) is 8.31. The van der Waals surface area contributed by atoms with Crippen LogP contribution in [0, 0.1) is 5.82 Å². The largest absolute Gasteiger partial charge is 0.501 e. The van der Waals surface area contributed by atoms with Gasteiger partial charge < -0.3 is 19.5 Å². The molecule has 3 N–H and O–H groups in total. The molecule has 182 valence electrons. The molecule has 14 nitrogen and oxygen atoms in total. The minimum Gasteiger partial charge on any atom is -0.501 e. The molecule has 0 spiro atoms. The molecule has 1 saturated carbocycles. The number of aromatic nitrogens is 9. The first kappa shape index (κ1) is 21.6. The molecule has 1 aromatic carbocycles. The maximum Gasteiger partial charge on any atom is 0.296 e. The molecule has 4 heterocycles. The van der Waals surface area contributed by atoms with Crippen LogP contribution in [0.2, 0.25) is 0 Å². The van der Waals surface area contributed by atoms with Crippen molar-refractivity contribution in [3.8, 4) is 28.8 Å². The van der Waals surface area contributed by atoms with Gasteiger partial charge in [-0.1, -0.05) is 5.16 Å². The van der Waals surface area contributed by atoms with Gasteiger partial charge in [-0.3, -0.25) is 14.2 Å². The zero-order chi connectivity index (χ0) is 25.0. The number of carbonyl (C=O) groups excluding carboxylic acids is 1. The summed E-state index contributed by atoms with van der Waals surface area (Å²) in [5.74, 6) is -1.91. The number of carbonyl (C=O) groups is 1. The van der Waals surface area contributed by atoms with Crippen LogP contribution in [0.1, 0.15) is 35.8 Å². The summed E-state index contributed by atoms with van der Waals surface area (Å²) in [6, 6.07) is 2.83. The number of fused-ring (bicyclic) bond motifs is 1. The van der Waals surface area contributed by atoms with Crippen molar-refractivity contribution in [3.05, 3.63) is 46.5 Å². The topological polar surface area (TPSA) is 183 Å². The number of H-pyrrole nitrogens is 1. The van der Waals surface area contributed by atoms with E-state index in [1.807, 2.05) is 4.57 Å². The minimum atomic E-state index is -0.846. The zero-order valence-electron chi connectivity index (χ0n) is 18.6. The molecule has 1 amide bonds. The average Bonchev–Trinajstić information content (AvgIpc) is 3.58. The van der Waals surface area contributed by atoms with E-state index < -0.39 is 28.7 Å². The Hall–Kier alpha value is -4.95. The average molecular weight is 492 g/mol. The summed E-state index contributed by atoms with van der Waals surface area (Å²) in [6.45, 7) is 0. The van der Waals surface area contributed by atoms with Crippen molar-refractivity contribution in [2.75, 3.05) is 5.32 Å². The van der Waals surface area contributed by atoms with E-state index in [9.17, 15) is 19.1 Å². The number of halogens is 1. The molecular formula is C21H17FN10O4. The number of imidazole rings is 1. The number of benzene rings is 1. The molecule has 0 bridgehead atoms. The fourth-order valence-corrected chi connectivity index (χ4v) is 4.14. The van der Waals surface area contributed by atoms with Gasteiger partial charge in [-0.15, -0.1) is 10.2 Å². The van der Waals surface area contributed by atoms with E-state index in [1.165, 1.54) is 25.6 Å². The monoisotopic (exact) mass is 492 g/mol. The van der Waals surface area contributed by atoms with E-state index in [4.69, 9.17) is 0 Å². The van der Waals surface area contributed by atoms with Gasteiger partial charge in [0.15, 0.2) is 17.3 Å². The maximum atomic E-state index is 14.9. The molecule has 0 aliphatic heterocycles. The van der Waals surface area contributed by atoms with E-state index in [0.29, 0.717) is 11.0 Å². The van der Waals surface area contributed by atoms with Gasteiger partial charge in [0.2, 0.25) is 11.6 Å². The summed E-state index contributed by atoms with van der Waals surface area (Å²) in [4.78, 5) is 34.6. The highest BCUT2D eigenvalue weighted by atomic mass is 19.1. The normalized spacial score (nSPS) is 13.7. The van der Waals surface area contributed by atoms with Crippen LogP contribution < -0.4 is 10.9 Å². The van der Waals surface area contributed by atoms with Crippen molar-refractivity contribution in [1.29, 1.82) is 0 Å². The third-order valence-electron chi connectivity index (χ3n) is 6.18. The molecule has 15 heteroatoms. The van der Waals surface area contributed by atoms with Gasteiger partial charge in [0.05, 0.1) is 22.8 Å². The molecule has 0 radical (unpaired) electrons. The molecule has 1 aliphatic rings. The second kappa shape index (κ2) is 8.07. The fourth-order valence-electron chi connectivity index (χ4n) is 4.14. The van der Waals surface area contributed by atoms with Crippen molar-refractivity contribution < 1.29 is 18.8 Å². The lowest BCUT2D eigenvalue weighted by atomic mass is 9.92. The lowest BCUT2D eigenvalue weighted by Crippen LogP contribution is -2.27. The van der Waals surface area contributed by atoms with Crippen molar-refractivity contribution >= 4 is 22.6 Å². The quantitative estimate of drug-likeness (QED) is 0.327. The number of amides is 1. The third-order valence-corrected chi connectivity index (χ3v) is 6.18. The van der Waals surface area contributed by atoms with Crippen LogP contribution in [0.15, 0.2) is 33.9 Å². The van der Waals surface area contributed by atoms with E-state index in [1.54, 1.807) is 6.07 Å². The maximum absolute atomic E-state index is 14.9. The number of hydrogen-bond donors (Lipinski definition) is 3. The highest BCUT2D eigenvalue weighted by Crippen LogP contribution is 2.39. The highest BCUT2D eigenvalue weighted by Gasteiger charge is 2.30. The van der Waals surface area contributed by atoms with Crippen LogP contribution in [0.25, 0.3) is 34.1 Å². The molecule has 0 unspecified atom stereocenters. The Bertz CT molecular complexity index is 1670. The van der Waals surface area contributed by atoms with Crippen LogP contribution in [0.4, 0.5) is 10.1 Å². The van der Waals surface area contributed by atoms with Gasteiger partial charge in [0, 0.05) is 19.2 Å². The summed E-state index contributed by atoms with van der Waals surface area (Å²) in [5, 5.41) is 29.9. The molecule has 5 aromatic rings. The number of rotatable bonds is 5. The van der Waals surface area contributed by atoms with Crippen LogP contribution in [-0.4, -0.2) is 55.9 Å². The van der Waals surface area contributed by atoms with Gasteiger partial charge in [0.25, 0.3) is 11.5 Å². The first-order chi connectivity index (χ1) is 17.4. The van der Waals surface area contributed by atoms with Gasteiger partial charge in [0.1, 0.15) is 17.8 Å². The number of anilines is 1. The summed E-state index contributed by atoms with van der Waals surface area (Å²) >= 11 is 0. The summed E-state index contributed by atoms with van der Waals surface area (Å²) < 4.78 is 22.6. The Kier molecular flexibility index (Phi) is 4.84. The third kappa shape index (κ3) is 3.31. The number of hydrogen-bond acceptors (Lipinski definition) is 10. The van der Waals surface area contributed by atoms with Crippen molar-refractivity contribution in [2.45, 2.75) is 25.3 Å². The summed E-state index contributed by atoms with van der Waals surface area (Å²) in [6.07, 6.45) is 5.09. The van der Waals surface area contributed by atoms with E-state index in [-0.39, 0.29) is 34.8 Å². The van der Waals surface area contributed by atoms with E-state index in [2.05, 4.69) is 45.6 Å².